The smallest absolute Gasteiger partial charge is 0.195 e. The van der Waals surface area contributed by atoms with Crippen molar-refractivity contribution in [3.63, 3.8) is 0 Å². The molecule has 0 aromatic carbocycles. The second-order valence-corrected chi connectivity index (χ2v) is 12.1. The summed E-state index contributed by atoms with van der Waals surface area (Å²) < 4.78 is 12.2. The van der Waals surface area contributed by atoms with Crippen LogP contribution in [0.2, 0.25) is 18.1 Å². The van der Waals surface area contributed by atoms with E-state index in [0.717, 1.165) is 0 Å². The van der Waals surface area contributed by atoms with Crippen LogP contribution in [0.1, 0.15) is 41.0 Å². The standard InChI is InChI=1S/C14H29N3O3Si/c1-8-10-12(18)9(2)11(16-17-15)13(19-10)20-21(6,7)14(3,4)5/h9-13,18H,8H2,1-7H3/t9?,10?,11-,12-,13-/m0/s1. The van der Waals surface area contributed by atoms with E-state index < -0.39 is 26.8 Å². The van der Waals surface area contributed by atoms with Crippen LogP contribution in [0, 0.1) is 5.92 Å². The molecule has 0 bridgehead atoms. The highest BCUT2D eigenvalue weighted by atomic mass is 28.4. The van der Waals surface area contributed by atoms with E-state index in [1.165, 1.54) is 0 Å². The quantitative estimate of drug-likeness (QED) is 0.370. The van der Waals surface area contributed by atoms with Gasteiger partial charge in [0.05, 0.1) is 18.2 Å². The fourth-order valence-corrected chi connectivity index (χ4v) is 3.37. The minimum Gasteiger partial charge on any atom is -0.392 e. The van der Waals surface area contributed by atoms with Gasteiger partial charge in [-0.25, -0.2) is 0 Å². The van der Waals surface area contributed by atoms with Gasteiger partial charge in [-0.2, -0.15) is 0 Å². The molecule has 1 heterocycles. The van der Waals surface area contributed by atoms with Crippen molar-refractivity contribution in [1.29, 1.82) is 0 Å². The first-order valence-corrected chi connectivity index (χ1v) is 10.5. The van der Waals surface area contributed by atoms with Crippen molar-refractivity contribution < 1.29 is 14.3 Å². The van der Waals surface area contributed by atoms with E-state index in [9.17, 15) is 5.11 Å². The zero-order valence-corrected chi connectivity index (χ0v) is 15.2. The number of hydrogen-bond donors (Lipinski definition) is 1. The van der Waals surface area contributed by atoms with Gasteiger partial charge in [0, 0.05) is 4.91 Å². The van der Waals surface area contributed by atoms with Gasteiger partial charge in [-0.15, -0.1) is 0 Å². The summed E-state index contributed by atoms with van der Waals surface area (Å²) >= 11 is 0. The zero-order chi connectivity index (χ0) is 16.4. The van der Waals surface area contributed by atoms with Crippen molar-refractivity contribution >= 4 is 8.32 Å². The van der Waals surface area contributed by atoms with Crippen molar-refractivity contribution in [2.45, 2.75) is 83.7 Å². The fraction of sp³-hybridized carbons (Fsp3) is 1.00. The molecule has 1 aliphatic rings. The first-order valence-electron chi connectivity index (χ1n) is 7.60. The average Bonchev–Trinajstić information content (AvgIpc) is 2.36. The van der Waals surface area contributed by atoms with Crippen LogP contribution in [0.25, 0.3) is 10.4 Å². The van der Waals surface area contributed by atoms with E-state index in [1.54, 1.807) is 0 Å². The lowest BCUT2D eigenvalue weighted by Gasteiger charge is -2.46. The van der Waals surface area contributed by atoms with Gasteiger partial charge in [-0.05, 0) is 36.0 Å². The van der Waals surface area contributed by atoms with Gasteiger partial charge in [-0.3, -0.25) is 0 Å². The van der Waals surface area contributed by atoms with Gasteiger partial charge in [0.1, 0.15) is 0 Å². The van der Waals surface area contributed by atoms with Crippen LogP contribution < -0.4 is 0 Å². The largest absolute Gasteiger partial charge is 0.392 e. The maximum absolute atomic E-state index is 10.3. The molecule has 6 nitrogen and oxygen atoms in total. The van der Waals surface area contributed by atoms with E-state index in [0.29, 0.717) is 6.42 Å². The lowest BCUT2D eigenvalue weighted by molar-refractivity contribution is -0.218. The number of rotatable bonds is 4. The summed E-state index contributed by atoms with van der Waals surface area (Å²) in [5.74, 6) is -0.186. The third-order valence-electron chi connectivity index (χ3n) is 4.85. The van der Waals surface area contributed by atoms with Gasteiger partial charge < -0.3 is 14.3 Å². The minimum absolute atomic E-state index is 0.0400. The molecule has 122 valence electrons. The molecule has 0 spiro atoms. The molecule has 1 aliphatic heterocycles. The lowest BCUT2D eigenvalue weighted by atomic mass is 9.88. The molecule has 7 heteroatoms. The van der Waals surface area contributed by atoms with E-state index in [-0.39, 0.29) is 17.1 Å². The Balaban J connectivity index is 3.03. The van der Waals surface area contributed by atoms with Gasteiger partial charge in [0.15, 0.2) is 14.6 Å². The third kappa shape index (κ3) is 3.99. The summed E-state index contributed by atoms with van der Waals surface area (Å²) in [6.45, 7) is 14.6. The Morgan fingerprint density at radius 3 is 2.38 bits per heavy atom. The maximum Gasteiger partial charge on any atom is 0.195 e. The molecule has 2 unspecified atom stereocenters. The summed E-state index contributed by atoms with van der Waals surface area (Å²) in [4.78, 5) is 2.91. The van der Waals surface area contributed by atoms with E-state index in [1.807, 2.05) is 13.8 Å². The van der Waals surface area contributed by atoms with Crippen molar-refractivity contribution in [3.05, 3.63) is 10.4 Å². The van der Waals surface area contributed by atoms with E-state index in [4.69, 9.17) is 14.7 Å². The van der Waals surface area contributed by atoms with Crippen LogP contribution >= 0.6 is 0 Å². The van der Waals surface area contributed by atoms with Gasteiger partial charge in [0.2, 0.25) is 0 Å². The zero-order valence-electron chi connectivity index (χ0n) is 14.2. The third-order valence-corrected chi connectivity index (χ3v) is 9.28. The highest BCUT2D eigenvalue weighted by Crippen LogP contribution is 2.40. The Morgan fingerprint density at radius 2 is 1.95 bits per heavy atom. The SMILES string of the molecule is CCC1O[C@@H](O[Si](C)(C)C(C)(C)C)[C@@H](N=[N+]=[N-])C(C)[C@@H]1O. The molecule has 1 saturated heterocycles. The second-order valence-electron chi connectivity index (χ2n) is 7.37. The number of azide groups is 1. The van der Waals surface area contributed by atoms with Crippen LogP contribution in [-0.2, 0) is 9.16 Å². The molecule has 1 fully saturated rings. The molecular formula is C14H29N3O3Si. The first kappa shape index (κ1) is 18.5. The molecule has 0 aromatic rings. The number of aliphatic hydroxyl groups is 1. The predicted molar refractivity (Wildman–Crippen MR) is 85.3 cm³/mol. The predicted octanol–water partition coefficient (Wildman–Crippen LogP) is 3.82. The Hall–Kier alpha value is -0.593. The Morgan fingerprint density at radius 1 is 1.38 bits per heavy atom. The topological polar surface area (TPSA) is 87.5 Å². The van der Waals surface area contributed by atoms with Crippen molar-refractivity contribution in [2.24, 2.45) is 11.0 Å². The molecular weight excluding hydrogens is 286 g/mol. The summed E-state index contributed by atoms with van der Waals surface area (Å²) in [7, 11) is -2.05. The highest BCUT2D eigenvalue weighted by Gasteiger charge is 2.47. The van der Waals surface area contributed by atoms with Crippen molar-refractivity contribution in [3.8, 4) is 0 Å². The average molecular weight is 315 g/mol. The number of ether oxygens (including phenoxy) is 1. The number of nitrogens with zero attached hydrogens (tertiary/aromatic N) is 3. The minimum atomic E-state index is -2.05. The fourth-order valence-electron chi connectivity index (χ4n) is 2.24. The molecule has 0 radical (unpaired) electrons. The Kier molecular flexibility index (Phi) is 5.86. The molecule has 0 amide bonds. The van der Waals surface area contributed by atoms with Crippen LogP contribution in [0.4, 0.5) is 0 Å². The van der Waals surface area contributed by atoms with Crippen LogP contribution in [0.15, 0.2) is 5.11 Å². The molecule has 1 N–H and O–H groups in total. The summed E-state index contributed by atoms with van der Waals surface area (Å²) in [5, 5.41) is 14.1. The molecule has 5 atom stereocenters. The van der Waals surface area contributed by atoms with E-state index in [2.05, 4.69) is 43.9 Å². The van der Waals surface area contributed by atoms with Crippen molar-refractivity contribution in [2.75, 3.05) is 0 Å². The number of hydrogen-bond acceptors (Lipinski definition) is 4. The van der Waals surface area contributed by atoms with Crippen LogP contribution in [0.3, 0.4) is 0 Å². The Bertz CT molecular complexity index is 405. The molecule has 0 saturated carbocycles. The molecule has 0 aliphatic carbocycles. The number of aliphatic hydroxyl groups excluding tert-OH is 1. The van der Waals surface area contributed by atoms with Gasteiger partial charge in [0.25, 0.3) is 0 Å². The summed E-state index contributed by atoms with van der Waals surface area (Å²) in [5.41, 5.74) is 8.80. The van der Waals surface area contributed by atoms with E-state index >= 15 is 0 Å². The van der Waals surface area contributed by atoms with Crippen molar-refractivity contribution in [1.82, 2.24) is 0 Å². The molecule has 1 rings (SSSR count). The molecule has 0 aromatic heterocycles. The Labute approximate surface area is 128 Å². The molecule has 21 heavy (non-hydrogen) atoms. The first-order chi connectivity index (χ1) is 9.55. The maximum atomic E-state index is 10.3. The summed E-state index contributed by atoms with van der Waals surface area (Å²) in [6, 6.07) is -0.498. The highest BCUT2D eigenvalue weighted by molar-refractivity contribution is 6.74. The lowest BCUT2D eigenvalue weighted by Crippen LogP contribution is -2.57. The van der Waals surface area contributed by atoms with Gasteiger partial charge in [-0.1, -0.05) is 39.7 Å². The monoisotopic (exact) mass is 315 g/mol. The normalized spacial score (nSPS) is 34.4. The van der Waals surface area contributed by atoms with Crippen LogP contribution in [-0.4, -0.2) is 38.0 Å². The summed E-state index contributed by atoms with van der Waals surface area (Å²) in [6.07, 6.45) is -0.791. The van der Waals surface area contributed by atoms with Crippen LogP contribution in [0.5, 0.6) is 0 Å². The second kappa shape index (κ2) is 6.67. The van der Waals surface area contributed by atoms with Gasteiger partial charge >= 0.3 is 0 Å².